The van der Waals surface area contributed by atoms with Gasteiger partial charge >= 0.3 is 5.97 Å². The highest BCUT2D eigenvalue weighted by molar-refractivity contribution is 5.92. The summed E-state index contributed by atoms with van der Waals surface area (Å²) < 4.78 is 6.15. The van der Waals surface area contributed by atoms with Crippen molar-refractivity contribution in [3.63, 3.8) is 0 Å². The zero-order valence-corrected chi connectivity index (χ0v) is 12.0. The van der Waals surface area contributed by atoms with Gasteiger partial charge in [0.15, 0.2) is 0 Å². The second kappa shape index (κ2) is 6.92. The van der Waals surface area contributed by atoms with Crippen molar-refractivity contribution in [2.45, 2.75) is 26.2 Å². The number of ether oxygens (including phenoxy) is 1. The van der Waals surface area contributed by atoms with Crippen molar-refractivity contribution in [3.8, 4) is 0 Å². The lowest BCUT2D eigenvalue weighted by Crippen LogP contribution is -2.29. The van der Waals surface area contributed by atoms with Crippen LogP contribution in [0.15, 0.2) is 6.07 Å². The van der Waals surface area contributed by atoms with Crippen molar-refractivity contribution in [1.82, 2.24) is 14.7 Å². The first kappa shape index (κ1) is 15.2. The summed E-state index contributed by atoms with van der Waals surface area (Å²) in [6, 6.07) is 1.80. The maximum Gasteiger partial charge on any atom is 0.305 e. The normalized spacial score (nSPS) is 10.3. The molecule has 19 heavy (non-hydrogen) atoms. The van der Waals surface area contributed by atoms with E-state index in [-0.39, 0.29) is 11.9 Å². The molecule has 6 nitrogen and oxygen atoms in total. The van der Waals surface area contributed by atoms with Gasteiger partial charge in [0.2, 0.25) is 0 Å². The smallest absolute Gasteiger partial charge is 0.305 e. The minimum Gasteiger partial charge on any atom is -0.469 e. The predicted octanol–water partition coefficient (Wildman–Crippen LogP) is 1.01. The average Bonchev–Trinajstić information content (AvgIpc) is 2.78. The van der Waals surface area contributed by atoms with Crippen molar-refractivity contribution in [1.29, 1.82) is 0 Å². The van der Waals surface area contributed by atoms with E-state index in [1.165, 1.54) is 7.11 Å². The predicted molar refractivity (Wildman–Crippen MR) is 70.8 cm³/mol. The lowest BCUT2D eigenvalue weighted by atomic mass is 10.2. The number of hydrogen-bond acceptors (Lipinski definition) is 4. The molecule has 0 spiro atoms. The van der Waals surface area contributed by atoms with Crippen LogP contribution in [0.3, 0.4) is 0 Å². The molecule has 1 aromatic heterocycles. The van der Waals surface area contributed by atoms with Crippen molar-refractivity contribution in [2.75, 3.05) is 20.7 Å². The van der Waals surface area contributed by atoms with Crippen molar-refractivity contribution in [3.05, 3.63) is 17.5 Å². The Labute approximate surface area is 113 Å². The fraction of sp³-hybridized carbons (Fsp3) is 0.615. The molecule has 0 bridgehead atoms. The van der Waals surface area contributed by atoms with Gasteiger partial charge in [-0.05, 0) is 18.9 Å². The van der Waals surface area contributed by atoms with Gasteiger partial charge in [-0.25, -0.2) is 0 Å². The van der Waals surface area contributed by atoms with Crippen LogP contribution in [0, 0.1) is 0 Å². The monoisotopic (exact) mass is 267 g/mol. The number of carbonyl (C=O) groups is 2. The Kier molecular flexibility index (Phi) is 5.54. The van der Waals surface area contributed by atoms with E-state index < -0.39 is 0 Å². The van der Waals surface area contributed by atoms with Crippen LogP contribution in [0.1, 0.15) is 35.9 Å². The molecule has 0 saturated carbocycles. The molecule has 0 fully saturated rings. The molecule has 1 amide bonds. The standard InChI is InChI=1S/C13H21N3O3/c1-5-10-9-11(16(3)14-10)13(18)15(2)8-6-7-12(17)19-4/h9H,5-8H2,1-4H3. The molecule has 1 aromatic rings. The Morgan fingerprint density at radius 1 is 1.47 bits per heavy atom. The van der Waals surface area contributed by atoms with Crippen LogP contribution < -0.4 is 0 Å². The van der Waals surface area contributed by atoms with Crippen molar-refractivity contribution in [2.24, 2.45) is 7.05 Å². The Morgan fingerprint density at radius 3 is 2.68 bits per heavy atom. The minimum atomic E-state index is -0.255. The fourth-order valence-corrected chi connectivity index (χ4v) is 1.76. The number of amides is 1. The number of carbonyl (C=O) groups excluding carboxylic acids is 2. The highest BCUT2D eigenvalue weighted by Crippen LogP contribution is 2.07. The third-order valence-corrected chi connectivity index (χ3v) is 2.96. The molecule has 0 unspecified atom stereocenters. The molecule has 0 N–H and O–H groups in total. The average molecular weight is 267 g/mol. The van der Waals surface area contributed by atoms with Gasteiger partial charge in [-0.1, -0.05) is 6.92 Å². The Hall–Kier alpha value is -1.85. The van der Waals surface area contributed by atoms with E-state index in [2.05, 4.69) is 9.84 Å². The SMILES string of the molecule is CCc1cc(C(=O)N(C)CCCC(=O)OC)n(C)n1. The van der Waals surface area contributed by atoms with Gasteiger partial charge < -0.3 is 9.64 Å². The molecule has 0 aliphatic heterocycles. The summed E-state index contributed by atoms with van der Waals surface area (Å²) in [6.07, 6.45) is 1.71. The van der Waals surface area contributed by atoms with E-state index in [9.17, 15) is 9.59 Å². The van der Waals surface area contributed by atoms with E-state index in [0.29, 0.717) is 25.1 Å². The lowest BCUT2D eigenvalue weighted by Gasteiger charge is -2.16. The molecular formula is C13H21N3O3. The first-order chi connectivity index (χ1) is 8.99. The quantitative estimate of drug-likeness (QED) is 0.721. The number of nitrogens with zero attached hydrogens (tertiary/aromatic N) is 3. The first-order valence-corrected chi connectivity index (χ1v) is 6.34. The summed E-state index contributed by atoms with van der Waals surface area (Å²) in [7, 11) is 4.84. The zero-order chi connectivity index (χ0) is 14.4. The summed E-state index contributed by atoms with van der Waals surface area (Å²) in [4.78, 5) is 24.8. The van der Waals surface area contributed by atoms with Gasteiger partial charge in [0.05, 0.1) is 12.8 Å². The van der Waals surface area contributed by atoms with Crippen LogP contribution >= 0.6 is 0 Å². The molecule has 106 valence electrons. The highest BCUT2D eigenvalue weighted by atomic mass is 16.5. The largest absolute Gasteiger partial charge is 0.469 e. The molecule has 1 rings (SSSR count). The Balaban J connectivity index is 2.56. The van der Waals surface area contributed by atoms with Crippen molar-refractivity contribution < 1.29 is 14.3 Å². The summed E-state index contributed by atoms with van der Waals surface area (Å²) in [5.74, 6) is -0.339. The molecule has 0 saturated heterocycles. The topological polar surface area (TPSA) is 64.4 Å². The van der Waals surface area contributed by atoms with Crippen LogP contribution in [-0.4, -0.2) is 47.3 Å². The van der Waals surface area contributed by atoms with Crippen LogP contribution in [-0.2, 0) is 23.0 Å². The molecule has 0 atom stereocenters. The first-order valence-electron chi connectivity index (χ1n) is 6.34. The number of methoxy groups -OCH3 is 1. The van der Waals surface area contributed by atoms with E-state index in [1.807, 2.05) is 6.92 Å². The van der Waals surface area contributed by atoms with Crippen LogP contribution in [0.5, 0.6) is 0 Å². The van der Waals surface area contributed by atoms with Gasteiger partial charge in [0, 0.05) is 27.1 Å². The Bertz CT molecular complexity index is 454. The van der Waals surface area contributed by atoms with E-state index >= 15 is 0 Å². The molecule has 1 heterocycles. The number of esters is 1. The van der Waals surface area contributed by atoms with Crippen molar-refractivity contribution >= 4 is 11.9 Å². The van der Waals surface area contributed by atoms with Crippen LogP contribution in [0.4, 0.5) is 0 Å². The Morgan fingerprint density at radius 2 is 2.16 bits per heavy atom. The maximum atomic E-state index is 12.2. The fourth-order valence-electron chi connectivity index (χ4n) is 1.76. The molecular weight excluding hydrogens is 246 g/mol. The van der Waals surface area contributed by atoms with Gasteiger partial charge in [-0.15, -0.1) is 0 Å². The summed E-state index contributed by atoms with van der Waals surface area (Å²) in [6.45, 7) is 2.51. The summed E-state index contributed by atoms with van der Waals surface area (Å²) >= 11 is 0. The lowest BCUT2D eigenvalue weighted by molar-refractivity contribution is -0.140. The second-order valence-electron chi connectivity index (χ2n) is 4.40. The number of aromatic nitrogens is 2. The van der Waals surface area contributed by atoms with Crippen LogP contribution in [0.25, 0.3) is 0 Å². The molecule has 0 aromatic carbocycles. The second-order valence-corrected chi connectivity index (χ2v) is 4.40. The third-order valence-electron chi connectivity index (χ3n) is 2.96. The number of aryl methyl sites for hydroxylation is 2. The number of hydrogen-bond donors (Lipinski definition) is 0. The highest BCUT2D eigenvalue weighted by Gasteiger charge is 2.17. The van der Waals surface area contributed by atoms with E-state index in [4.69, 9.17) is 0 Å². The molecule has 6 heteroatoms. The summed E-state index contributed by atoms with van der Waals surface area (Å²) in [5, 5.41) is 4.25. The molecule has 0 aliphatic carbocycles. The van der Waals surface area contributed by atoms with Gasteiger partial charge in [0.25, 0.3) is 5.91 Å². The van der Waals surface area contributed by atoms with E-state index in [0.717, 1.165) is 12.1 Å². The third kappa shape index (κ3) is 4.08. The maximum absolute atomic E-state index is 12.2. The minimum absolute atomic E-state index is 0.0837. The van der Waals surface area contributed by atoms with Crippen LogP contribution in [0.2, 0.25) is 0 Å². The van der Waals surface area contributed by atoms with E-state index in [1.54, 1.807) is 29.7 Å². The molecule has 0 radical (unpaired) electrons. The zero-order valence-electron chi connectivity index (χ0n) is 12.0. The van der Waals surface area contributed by atoms with Gasteiger partial charge in [-0.3, -0.25) is 14.3 Å². The summed E-state index contributed by atoms with van der Waals surface area (Å²) in [5.41, 5.74) is 1.46. The number of rotatable bonds is 6. The van der Waals surface area contributed by atoms with Gasteiger partial charge in [0.1, 0.15) is 5.69 Å². The van der Waals surface area contributed by atoms with Gasteiger partial charge in [-0.2, -0.15) is 5.10 Å². The molecule has 0 aliphatic rings.